The molecular formula is C33H47FN6O5S. The predicted octanol–water partition coefficient (Wildman–Crippen LogP) is 4.20. The smallest absolute Gasteiger partial charge is 0.258 e. The van der Waals surface area contributed by atoms with E-state index in [2.05, 4.69) is 24.5 Å². The van der Waals surface area contributed by atoms with Gasteiger partial charge in [0.05, 0.1) is 29.7 Å². The van der Waals surface area contributed by atoms with Crippen LogP contribution in [-0.4, -0.2) is 103 Å². The molecule has 4 fully saturated rings. The second-order valence-electron chi connectivity index (χ2n) is 14.1. The van der Waals surface area contributed by atoms with Crippen molar-refractivity contribution in [3.8, 4) is 11.5 Å². The first kappa shape index (κ1) is 33.0. The molecule has 1 amide bonds. The summed E-state index contributed by atoms with van der Waals surface area (Å²) in [7, 11) is -3.19. The number of halogens is 1. The molecule has 6 rings (SSSR count). The molecule has 1 spiro atoms. The number of nitrogens with zero attached hydrogens (tertiary/aromatic N) is 5. The van der Waals surface area contributed by atoms with E-state index in [1.165, 1.54) is 24.5 Å². The van der Waals surface area contributed by atoms with Crippen LogP contribution >= 0.6 is 0 Å². The summed E-state index contributed by atoms with van der Waals surface area (Å²) in [4.78, 5) is 28.6. The summed E-state index contributed by atoms with van der Waals surface area (Å²) >= 11 is 0. The molecule has 0 radical (unpaired) electrons. The number of ether oxygens (including phenoxy) is 2. The molecule has 1 aliphatic carbocycles. The molecule has 0 bridgehead atoms. The fourth-order valence-electron chi connectivity index (χ4n) is 7.18. The Morgan fingerprint density at radius 2 is 1.83 bits per heavy atom. The van der Waals surface area contributed by atoms with Crippen LogP contribution in [0.3, 0.4) is 0 Å². The predicted molar refractivity (Wildman–Crippen MR) is 173 cm³/mol. The summed E-state index contributed by atoms with van der Waals surface area (Å²) in [6.07, 6.45) is 8.57. The van der Waals surface area contributed by atoms with Crippen LogP contribution in [0, 0.1) is 11.2 Å². The molecule has 4 aliphatic rings. The molecule has 252 valence electrons. The summed E-state index contributed by atoms with van der Waals surface area (Å²) < 4.78 is 54.1. The Bertz CT molecular complexity index is 1490. The van der Waals surface area contributed by atoms with Crippen molar-refractivity contribution in [3.05, 3.63) is 42.1 Å². The van der Waals surface area contributed by atoms with E-state index in [1.807, 2.05) is 27.7 Å². The molecule has 2 atom stereocenters. The Hall–Kier alpha value is -2.87. The van der Waals surface area contributed by atoms with E-state index < -0.39 is 15.8 Å². The van der Waals surface area contributed by atoms with Crippen LogP contribution in [0.25, 0.3) is 0 Å². The highest BCUT2D eigenvalue weighted by Gasteiger charge is 2.46. The van der Waals surface area contributed by atoms with Gasteiger partial charge in [-0.05, 0) is 97.5 Å². The normalized spacial score (nSPS) is 23.5. The molecule has 11 nitrogen and oxygen atoms in total. The monoisotopic (exact) mass is 658 g/mol. The molecule has 0 unspecified atom stereocenters. The number of nitrogens with one attached hydrogen (secondary N) is 1. The molecule has 1 aromatic carbocycles. The Balaban J connectivity index is 1.02. The lowest BCUT2D eigenvalue weighted by molar-refractivity contribution is -0.0299. The molecule has 2 aromatic rings. The number of aromatic nitrogens is 2. The number of anilines is 1. The number of hydrogen-bond donors (Lipinski definition) is 1. The summed E-state index contributed by atoms with van der Waals surface area (Å²) in [5.74, 6) is 0.582. The zero-order valence-corrected chi connectivity index (χ0v) is 28.1. The number of rotatable bonds is 11. The third-order valence-corrected chi connectivity index (χ3v) is 11.8. The van der Waals surface area contributed by atoms with Crippen molar-refractivity contribution in [2.24, 2.45) is 5.41 Å². The van der Waals surface area contributed by atoms with Gasteiger partial charge in [0.2, 0.25) is 10.0 Å². The van der Waals surface area contributed by atoms with Crippen molar-refractivity contribution < 1.29 is 27.1 Å². The summed E-state index contributed by atoms with van der Waals surface area (Å²) in [6.45, 7) is 12.7. The third kappa shape index (κ3) is 7.32. The molecule has 3 saturated heterocycles. The second-order valence-corrected chi connectivity index (χ2v) is 16.1. The maximum Gasteiger partial charge on any atom is 0.258 e. The average molecular weight is 659 g/mol. The minimum absolute atomic E-state index is 0.0643. The lowest BCUT2D eigenvalue weighted by atomic mass is 9.72. The van der Waals surface area contributed by atoms with Crippen molar-refractivity contribution in [1.29, 1.82) is 0 Å². The summed E-state index contributed by atoms with van der Waals surface area (Å²) in [5.41, 5.74) is 0.367. The van der Waals surface area contributed by atoms with E-state index in [9.17, 15) is 17.6 Å². The molecule has 1 saturated carbocycles. The first-order chi connectivity index (χ1) is 21.9. The minimum Gasteiger partial charge on any atom is -0.451 e. The summed E-state index contributed by atoms with van der Waals surface area (Å²) in [6, 6.07) is 3.78. The lowest BCUT2D eigenvalue weighted by Gasteiger charge is -2.54. The van der Waals surface area contributed by atoms with Crippen LogP contribution in [0.5, 0.6) is 11.5 Å². The van der Waals surface area contributed by atoms with Crippen LogP contribution in [0.1, 0.15) is 76.6 Å². The average Bonchev–Trinajstić information content (AvgIpc) is 3.85. The van der Waals surface area contributed by atoms with E-state index in [-0.39, 0.29) is 52.1 Å². The lowest BCUT2D eigenvalue weighted by Crippen LogP contribution is -2.61. The van der Waals surface area contributed by atoms with Crippen molar-refractivity contribution in [2.45, 2.75) is 95.7 Å². The first-order valence-corrected chi connectivity index (χ1v) is 18.2. The van der Waals surface area contributed by atoms with Gasteiger partial charge in [-0.1, -0.05) is 0 Å². The minimum atomic E-state index is -3.19. The highest BCUT2D eigenvalue weighted by atomic mass is 32.2. The Labute approximate surface area is 271 Å². The van der Waals surface area contributed by atoms with Gasteiger partial charge in [0.15, 0.2) is 11.6 Å². The number of carbonyl (C=O) groups excluding carboxylic acids is 1. The van der Waals surface area contributed by atoms with Crippen LogP contribution in [-0.2, 0) is 14.8 Å². The van der Waals surface area contributed by atoms with Crippen molar-refractivity contribution in [1.82, 2.24) is 24.5 Å². The first-order valence-electron chi connectivity index (χ1n) is 16.6. The molecule has 13 heteroatoms. The number of likely N-dealkylation sites (tertiary alicyclic amines) is 1. The molecule has 1 N–H and O–H groups in total. The van der Waals surface area contributed by atoms with E-state index in [0.29, 0.717) is 18.2 Å². The second kappa shape index (κ2) is 13.3. The topological polar surface area (TPSA) is 117 Å². The maximum atomic E-state index is 14.3. The van der Waals surface area contributed by atoms with Gasteiger partial charge in [-0.15, -0.1) is 0 Å². The van der Waals surface area contributed by atoms with Gasteiger partial charge in [-0.2, -0.15) is 0 Å². The quantitative estimate of drug-likeness (QED) is 0.379. The SMILES string of the molecule is CC(C)N(C(=O)c1cc(F)ccc1Oc1cncnc1N1CC2(CCN(C[C@@H]3CC[C@@H](NS(=O)(=O)C4CC4)CO3)CC2)C1)C(C)C. The van der Waals surface area contributed by atoms with E-state index in [1.54, 1.807) is 11.1 Å². The van der Waals surface area contributed by atoms with E-state index >= 15 is 0 Å². The van der Waals surface area contributed by atoms with Gasteiger partial charge in [0.25, 0.3) is 5.91 Å². The van der Waals surface area contributed by atoms with Crippen molar-refractivity contribution in [3.63, 3.8) is 0 Å². The zero-order valence-electron chi connectivity index (χ0n) is 27.3. The maximum absolute atomic E-state index is 14.3. The zero-order chi connectivity index (χ0) is 32.6. The molecule has 1 aromatic heterocycles. The van der Waals surface area contributed by atoms with Gasteiger partial charge in [0, 0.05) is 43.2 Å². The van der Waals surface area contributed by atoms with Crippen molar-refractivity contribution >= 4 is 21.7 Å². The van der Waals surface area contributed by atoms with Crippen molar-refractivity contribution in [2.75, 3.05) is 44.2 Å². The summed E-state index contributed by atoms with van der Waals surface area (Å²) in [5, 5.41) is -0.203. The fraction of sp³-hybridized carbons (Fsp3) is 0.667. The standard InChI is InChI=1S/C33H47FN6O5S/c1-22(2)40(23(3)4)32(41)28-15-24(34)5-10-29(28)45-30-16-35-21-36-31(30)39-19-33(20-39)11-13-38(14-12-33)17-26-7-6-25(18-44-26)37-46(42,43)27-8-9-27/h5,10,15-16,21-23,25-27,37H,6-9,11-14,17-20H2,1-4H3/t25-,26+/m1/s1. The number of piperidine rings is 1. The van der Waals surface area contributed by atoms with Gasteiger partial charge >= 0.3 is 0 Å². The Morgan fingerprint density at radius 1 is 1.11 bits per heavy atom. The van der Waals surface area contributed by atoms with Gasteiger partial charge in [0.1, 0.15) is 17.9 Å². The number of amides is 1. The van der Waals surface area contributed by atoms with Crippen LogP contribution in [0.15, 0.2) is 30.7 Å². The number of benzene rings is 1. The number of hydrogen-bond acceptors (Lipinski definition) is 9. The third-order valence-electron chi connectivity index (χ3n) is 9.79. The number of carbonyl (C=O) groups is 1. The van der Waals surface area contributed by atoms with Gasteiger partial charge in [-0.3, -0.25) is 4.79 Å². The van der Waals surface area contributed by atoms with E-state index in [0.717, 1.165) is 71.2 Å². The van der Waals surface area contributed by atoms with Crippen LogP contribution in [0.4, 0.5) is 10.2 Å². The molecular weight excluding hydrogens is 611 g/mol. The van der Waals surface area contributed by atoms with Gasteiger partial charge in [-0.25, -0.2) is 27.5 Å². The largest absolute Gasteiger partial charge is 0.451 e. The van der Waals surface area contributed by atoms with Crippen LogP contribution in [0.2, 0.25) is 0 Å². The fourth-order valence-corrected chi connectivity index (χ4v) is 8.78. The molecule has 4 heterocycles. The highest BCUT2D eigenvalue weighted by molar-refractivity contribution is 7.90. The Kier molecular flexibility index (Phi) is 9.57. The highest BCUT2D eigenvalue weighted by Crippen LogP contribution is 2.45. The van der Waals surface area contributed by atoms with Gasteiger partial charge < -0.3 is 24.2 Å². The molecule has 46 heavy (non-hydrogen) atoms. The van der Waals surface area contributed by atoms with E-state index in [4.69, 9.17) is 9.47 Å². The van der Waals surface area contributed by atoms with Crippen LogP contribution < -0.4 is 14.4 Å². The Morgan fingerprint density at radius 3 is 2.46 bits per heavy atom. The number of sulfonamides is 1. The molecule has 3 aliphatic heterocycles.